The summed E-state index contributed by atoms with van der Waals surface area (Å²) in [6, 6.07) is 10.2. The largest absolute Gasteiger partial charge is 0.493 e. The highest BCUT2D eigenvalue weighted by molar-refractivity contribution is 5.85. The van der Waals surface area contributed by atoms with Crippen LogP contribution >= 0.6 is 0 Å². The Morgan fingerprint density at radius 1 is 1.31 bits per heavy atom. The molecule has 2 heterocycles. The Kier molecular flexibility index (Phi) is 4.02. The van der Waals surface area contributed by atoms with Crippen molar-refractivity contribution >= 4 is 5.91 Å². The first kappa shape index (κ1) is 17.1. The summed E-state index contributed by atoms with van der Waals surface area (Å²) in [5.41, 5.74) is 4.62. The normalized spacial score (nSPS) is 24.5. The van der Waals surface area contributed by atoms with E-state index in [-0.39, 0.29) is 23.3 Å². The number of pyridine rings is 1. The van der Waals surface area contributed by atoms with Crippen molar-refractivity contribution in [3.05, 3.63) is 58.9 Å². The molecule has 3 atom stereocenters. The molecule has 1 aliphatic carbocycles. The smallest absolute Gasteiger partial charge is 0.226 e. The van der Waals surface area contributed by atoms with Crippen molar-refractivity contribution in [3.8, 4) is 5.75 Å². The molecule has 4 nitrogen and oxygen atoms in total. The van der Waals surface area contributed by atoms with Gasteiger partial charge in [-0.2, -0.15) is 0 Å². The maximum atomic E-state index is 13.2. The molecule has 1 spiro atoms. The van der Waals surface area contributed by atoms with Crippen LogP contribution in [0.25, 0.3) is 0 Å². The predicted molar refractivity (Wildman–Crippen MR) is 101 cm³/mol. The van der Waals surface area contributed by atoms with E-state index in [9.17, 15) is 4.79 Å². The van der Waals surface area contributed by atoms with Crippen LogP contribution in [0.5, 0.6) is 5.75 Å². The number of hydrogen-bond acceptors (Lipinski definition) is 3. The highest BCUT2D eigenvalue weighted by Crippen LogP contribution is 2.61. The predicted octanol–water partition coefficient (Wildman–Crippen LogP) is 3.96. The van der Waals surface area contributed by atoms with E-state index < -0.39 is 0 Å². The Morgan fingerprint density at radius 2 is 2.08 bits per heavy atom. The van der Waals surface area contributed by atoms with Crippen molar-refractivity contribution in [3.63, 3.8) is 0 Å². The van der Waals surface area contributed by atoms with Crippen LogP contribution in [-0.2, 0) is 10.2 Å². The van der Waals surface area contributed by atoms with Gasteiger partial charge in [-0.05, 0) is 62.9 Å². The molecule has 1 aromatic heterocycles. The van der Waals surface area contributed by atoms with Gasteiger partial charge in [-0.25, -0.2) is 0 Å². The van der Waals surface area contributed by atoms with E-state index in [0.29, 0.717) is 6.61 Å². The summed E-state index contributed by atoms with van der Waals surface area (Å²) in [6.45, 7) is 6.98. The zero-order valence-electron chi connectivity index (χ0n) is 16.0. The standard InChI is InChI=1S/C22H26N2O2/c1-14-11-17-20(12-15(14)2)26-10-8-22(17)13-18(22)21(25)24(4)16(3)19-7-5-6-9-23-19/h5-7,9,11-12,16,18H,8,10,13H2,1-4H3/t16-,18-,22-/m0/s1. The Morgan fingerprint density at radius 3 is 2.81 bits per heavy atom. The number of benzene rings is 1. The fourth-order valence-electron chi connectivity index (χ4n) is 4.24. The molecule has 4 heteroatoms. The summed E-state index contributed by atoms with van der Waals surface area (Å²) in [4.78, 5) is 19.5. The molecule has 1 aliphatic heterocycles. The van der Waals surface area contributed by atoms with Gasteiger partial charge in [0, 0.05) is 30.1 Å². The lowest BCUT2D eigenvalue weighted by atomic mass is 9.85. The number of rotatable bonds is 3. The number of aromatic nitrogens is 1. The van der Waals surface area contributed by atoms with Crippen LogP contribution in [0.3, 0.4) is 0 Å². The van der Waals surface area contributed by atoms with Crippen LogP contribution in [0.4, 0.5) is 0 Å². The SMILES string of the molecule is Cc1cc2c(cc1C)[C@]1(CCO2)C[C@H]1C(=O)N(C)[C@@H](C)c1ccccn1. The number of carbonyl (C=O) groups excluding carboxylic acids is 1. The molecule has 1 saturated carbocycles. The fraction of sp³-hybridized carbons (Fsp3) is 0.455. The highest BCUT2D eigenvalue weighted by Gasteiger charge is 2.61. The second kappa shape index (κ2) is 6.11. The average molecular weight is 350 g/mol. The third-order valence-electron chi connectivity index (χ3n) is 6.36. The van der Waals surface area contributed by atoms with Crippen molar-refractivity contribution in [2.45, 2.75) is 45.1 Å². The van der Waals surface area contributed by atoms with Crippen molar-refractivity contribution in [1.29, 1.82) is 0 Å². The van der Waals surface area contributed by atoms with E-state index in [1.807, 2.05) is 37.1 Å². The third kappa shape index (κ3) is 2.59. The maximum absolute atomic E-state index is 13.2. The summed E-state index contributed by atoms with van der Waals surface area (Å²) in [5, 5.41) is 0. The van der Waals surface area contributed by atoms with Crippen LogP contribution in [-0.4, -0.2) is 29.4 Å². The van der Waals surface area contributed by atoms with E-state index in [4.69, 9.17) is 4.74 Å². The molecule has 0 unspecified atom stereocenters. The lowest BCUT2D eigenvalue weighted by Crippen LogP contribution is -2.34. The molecular formula is C22H26N2O2. The number of hydrogen-bond donors (Lipinski definition) is 0. The van der Waals surface area contributed by atoms with Gasteiger partial charge in [0.05, 0.1) is 18.3 Å². The van der Waals surface area contributed by atoms with E-state index >= 15 is 0 Å². The summed E-state index contributed by atoms with van der Waals surface area (Å²) in [6.07, 6.45) is 3.62. The molecule has 1 amide bonds. The number of fused-ring (bicyclic) bond motifs is 2. The monoisotopic (exact) mass is 350 g/mol. The molecule has 0 saturated heterocycles. The molecule has 26 heavy (non-hydrogen) atoms. The number of carbonyl (C=O) groups is 1. The van der Waals surface area contributed by atoms with Crippen molar-refractivity contribution in [1.82, 2.24) is 9.88 Å². The third-order valence-corrected chi connectivity index (χ3v) is 6.36. The molecule has 0 N–H and O–H groups in total. The maximum Gasteiger partial charge on any atom is 0.226 e. The molecule has 0 radical (unpaired) electrons. The highest BCUT2D eigenvalue weighted by atomic mass is 16.5. The first-order valence-corrected chi connectivity index (χ1v) is 9.36. The zero-order chi connectivity index (χ0) is 18.5. The minimum absolute atomic E-state index is 0.0274. The van der Waals surface area contributed by atoms with Crippen molar-refractivity contribution < 1.29 is 9.53 Å². The van der Waals surface area contributed by atoms with Gasteiger partial charge < -0.3 is 9.64 Å². The summed E-state index contributed by atoms with van der Waals surface area (Å²) >= 11 is 0. The lowest BCUT2D eigenvalue weighted by molar-refractivity contribution is -0.133. The van der Waals surface area contributed by atoms with Gasteiger partial charge in [-0.1, -0.05) is 12.1 Å². The van der Waals surface area contributed by atoms with Crippen LogP contribution in [0.2, 0.25) is 0 Å². The first-order chi connectivity index (χ1) is 12.4. The second-order valence-electron chi connectivity index (χ2n) is 7.82. The summed E-state index contributed by atoms with van der Waals surface area (Å²) < 4.78 is 5.91. The minimum atomic E-state index is -0.0405. The van der Waals surface area contributed by atoms with Crippen LogP contribution in [0.1, 0.15) is 48.2 Å². The Bertz CT molecular complexity index is 849. The number of aryl methyl sites for hydroxylation is 2. The van der Waals surface area contributed by atoms with Crippen molar-refractivity contribution in [2.24, 2.45) is 5.92 Å². The second-order valence-corrected chi connectivity index (χ2v) is 7.82. The van der Waals surface area contributed by atoms with Crippen molar-refractivity contribution in [2.75, 3.05) is 13.7 Å². The van der Waals surface area contributed by atoms with Crippen LogP contribution < -0.4 is 4.74 Å². The number of nitrogens with zero attached hydrogens (tertiary/aromatic N) is 2. The minimum Gasteiger partial charge on any atom is -0.493 e. The van der Waals surface area contributed by atoms with Crippen LogP contribution in [0.15, 0.2) is 36.5 Å². The number of ether oxygens (including phenoxy) is 1. The van der Waals surface area contributed by atoms with Gasteiger partial charge in [0.15, 0.2) is 0 Å². The van der Waals surface area contributed by atoms with E-state index in [1.165, 1.54) is 16.7 Å². The molecule has 136 valence electrons. The fourth-order valence-corrected chi connectivity index (χ4v) is 4.24. The van der Waals surface area contributed by atoms with Gasteiger partial charge in [0.1, 0.15) is 5.75 Å². The molecule has 0 bridgehead atoms. The summed E-state index contributed by atoms with van der Waals surface area (Å²) in [5.74, 6) is 1.23. The first-order valence-electron chi connectivity index (χ1n) is 9.36. The molecule has 2 aromatic rings. The summed E-state index contributed by atoms with van der Waals surface area (Å²) in [7, 11) is 1.90. The Hall–Kier alpha value is -2.36. The van der Waals surface area contributed by atoms with Gasteiger partial charge in [0.2, 0.25) is 5.91 Å². The Labute approximate surface area is 155 Å². The zero-order valence-corrected chi connectivity index (χ0v) is 16.0. The van der Waals surface area contributed by atoms with E-state index in [0.717, 1.165) is 24.3 Å². The van der Waals surface area contributed by atoms with E-state index in [1.54, 1.807) is 6.20 Å². The quantitative estimate of drug-likeness (QED) is 0.841. The molecule has 4 rings (SSSR count). The Balaban J connectivity index is 1.59. The van der Waals surface area contributed by atoms with Gasteiger partial charge in [-0.15, -0.1) is 0 Å². The van der Waals surface area contributed by atoms with Gasteiger partial charge in [0.25, 0.3) is 0 Å². The molecule has 2 aliphatic rings. The van der Waals surface area contributed by atoms with Gasteiger partial charge in [-0.3, -0.25) is 9.78 Å². The molecule has 1 aromatic carbocycles. The topological polar surface area (TPSA) is 42.4 Å². The lowest BCUT2D eigenvalue weighted by Gasteiger charge is -2.30. The average Bonchev–Trinajstić information content (AvgIpc) is 3.37. The molecule has 1 fully saturated rings. The molecular weight excluding hydrogens is 324 g/mol. The van der Waals surface area contributed by atoms with Crippen LogP contribution in [0, 0.1) is 19.8 Å². The van der Waals surface area contributed by atoms with Gasteiger partial charge >= 0.3 is 0 Å². The number of amides is 1. The van der Waals surface area contributed by atoms with E-state index in [2.05, 4.69) is 31.0 Å².